The van der Waals surface area contributed by atoms with Gasteiger partial charge in [-0.1, -0.05) is 18.9 Å². The summed E-state index contributed by atoms with van der Waals surface area (Å²) in [6, 6.07) is 9.78. The second kappa shape index (κ2) is 10.8. The first-order valence-corrected chi connectivity index (χ1v) is 13.0. The van der Waals surface area contributed by atoms with Gasteiger partial charge in [-0.05, 0) is 62.6 Å². The third-order valence-electron chi connectivity index (χ3n) is 7.34. The maximum absolute atomic E-state index is 14.7. The minimum Gasteiger partial charge on any atom is -0.496 e. The molecule has 3 N–H and O–H groups in total. The second-order valence-electron chi connectivity index (χ2n) is 9.82. The van der Waals surface area contributed by atoms with Gasteiger partial charge in [0.15, 0.2) is 0 Å². The predicted octanol–water partition coefficient (Wildman–Crippen LogP) is 4.98. The number of aryl methyl sites for hydroxylation is 1. The van der Waals surface area contributed by atoms with Crippen LogP contribution in [-0.2, 0) is 0 Å². The van der Waals surface area contributed by atoms with E-state index in [1.165, 1.54) is 12.4 Å². The number of aromatic nitrogens is 4. The van der Waals surface area contributed by atoms with Crippen molar-refractivity contribution in [3.63, 3.8) is 0 Å². The molecule has 9 nitrogen and oxygen atoms in total. The molecule has 1 aliphatic carbocycles. The van der Waals surface area contributed by atoms with E-state index >= 15 is 0 Å². The van der Waals surface area contributed by atoms with Crippen molar-refractivity contribution in [2.24, 2.45) is 4.99 Å². The van der Waals surface area contributed by atoms with Crippen LogP contribution in [0, 0.1) is 12.7 Å². The van der Waals surface area contributed by atoms with E-state index in [2.05, 4.69) is 20.3 Å². The summed E-state index contributed by atoms with van der Waals surface area (Å²) < 4.78 is 21.8. The van der Waals surface area contributed by atoms with Crippen LogP contribution in [0.1, 0.15) is 67.2 Å². The molecular weight excluding hydrogens is 497 g/mol. The van der Waals surface area contributed by atoms with Gasteiger partial charge in [-0.3, -0.25) is 14.4 Å². The van der Waals surface area contributed by atoms with Crippen LogP contribution in [0.2, 0.25) is 0 Å². The summed E-state index contributed by atoms with van der Waals surface area (Å²) in [4.78, 5) is 31.7. The molecule has 1 aliphatic rings. The molecule has 0 saturated heterocycles. The van der Waals surface area contributed by atoms with Gasteiger partial charge in [0.1, 0.15) is 40.7 Å². The minimum atomic E-state index is -0.562. The highest BCUT2D eigenvalue weighted by Crippen LogP contribution is 2.33. The highest BCUT2D eigenvalue weighted by molar-refractivity contribution is 6.18. The van der Waals surface area contributed by atoms with Crippen molar-refractivity contribution in [1.82, 2.24) is 19.5 Å². The Kier molecular flexibility index (Phi) is 7.28. The monoisotopic (exact) mass is 529 g/mol. The van der Waals surface area contributed by atoms with Crippen molar-refractivity contribution < 1.29 is 9.13 Å². The molecule has 2 aromatic heterocycles. The van der Waals surface area contributed by atoms with Crippen molar-refractivity contribution in [3.8, 4) is 5.75 Å². The number of rotatable bonds is 7. The Morgan fingerprint density at radius 3 is 2.69 bits per heavy atom. The molecule has 202 valence electrons. The van der Waals surface area contributed by atoms with Gasteiger partial charge < -0.3 is 15.8 Å². The van der Waals surface area contributed by atoms with E-state index in [1.54, 1.807) is 30.9 Å². The Hall–Kier alpha value is -4.34. The topological polar surface area (TPSA) is 120 Å². The van der Waals surface area contributed by atoms with E-state index in [1.807, 2.05) is 32.0 Å². The molecule has 1 unspecified atom stereocenters. The number of anilines is 2. The number of nitrogens with zero attached hydrogens (tertiary/aromatic N) is 5. The van der Waals surface area contributed by atoms with Gasteiger partial charge in [-0.15, -0.1) is 0 Å². The summed E-state index contributed by atoms with van der Waals surface area (Å²) in [5.41, 5.74) is 9.26. The summed E-state index contributed by atoms with van der Waals surface area (Å²) in [6.45, 7) is 3.86. The standard InChI is InChI=1S/C29H32FN7O2/c1-16-14-18(12-13-22(16)39-4)25(32-3)24-26(31)33-15-34-27(24)35-17(2)28-36-21-11-7-10-20(30)23(21)29(38)37(28)19-8-5-6-9-19/h7,10-15,17,19H,5-6,8-9H2,1-4H3,(H3,31,33,34,35)/b32-25-. The lowest BCUT2D eigenvalue weighted by molar-refractivity contribution is 0.411. The van der Waals surface area contributed by atoms with Crippen molar-refractivity contribution in [2.75, 3.05) is 25.2 Å². The average molecular weight is 530 g/mol. The molecule has 5 rings (SSSR count). The highest BCUT2D eigenvalue weighted by Gasteiger charge is 2.27. The number of fused-ring (bicyclic) bond motifs is 1. The number of benzene rings is 2. The number of hydrogen-bond acceptors (Lipinski definition) is 8. The maximum atomic E-state index is 14.7. The largest absolute Gasteiger partial charge is 0.496 e. The van der Waals surface area contributed by atoms with Crippen LogP contribution in [-0.4, -0.2) is 39.4 Å². The Balaban J connectivity index is 1.60. The Morgan fingerprint density at radius 2 is 2.00 bits per heavy atom. The molecule has 4 aromatic rings. The SMILES string of the molecule is C/N=C(/c1ccc(OC)c(C)c1)c1c(N)ncnc1NC(C)c1nc2cccc(F)c2c(=O)n1C1CCCC1. The highest BCUT2D eigenvalue weighted by atomic mass is 19.1. The number of nitrogens with two attached hydrogens (primary N) is 1. The Labute approximate surface area is 226 Å². The first-order chi connectivity index (χ1) is 18.8. The van der Waals surface area contributed by atoms with Crippen LogP contribution >= 0.6 is 0 Å². The van der Waals surface area contributed by atoms with Crippen molar-refractivity contribution >= 4 is 28.3 Å². The Bertz CT molecular complexity index is 1630. The summed E-state index contributed by atoms with van der Waals surface area (Å²) >= 11 is 0. The molecule has 0 amide bonds. The number of nitrogen functional groups attached to an aromatic ring is 1. The van der Waals surface area contributed by atoms with Crippen molar-refractivity contribution in [2.45, 2.75) is 51.6 Å². The number of hydrogen-bond donors (Lipinski definition) is 2. The van der Waals surface area contributed by atoms with E-state index in [4.69, 9.17) is 15.5 Å². The van der Waals surface area contributed by atoms with E-state index in [-0.39, 0.29) is 22.8 Å². The zero-order chi connectivity index (χ0) is 27.7. The number of nitrogens with one attached hydrogen (secondary N) is 1. The third-order valence-corrected chi connectivity index (χ3v) is 7.34. The fourth-order valence-corrected chi connectivity index (χ4v) is 5.46. The maximum Gasteiger partial charge on any atom is 0.264 e. The molecule has 2 heterocycles. The summed E-state index contributed by atoms with van der Waals surface area (Å²) in [5.74, 6) is 1.44. The first-order valence-electron chi connectivity index (χ1n) is 13.0. The molecule has 10 heteroatoms. The molecule has 1 saturated carbocycles. The van der Waals surface area contributed by atoms with Crippen LogP contribution in [0.25, 0.3) is 10.9 Å². The van der Waals surface area contributed by atoms with Gasteiger partial charge >= 0.3 is 0 Å². The fraction of sp³-hybridized carbons (Fsp3) is 0.345. The normalized spacial score (nSPS) is 15.1. The van der Waals surface area contributed by atoms with Crippen LogP contribution in [0.4, 0.5) is 16.0 Å². The average Bonchev–Trinajstić information content (AvgIpc) is 3.45. The molecule has 0 bridgehead atoms. The first kappa shape index (κ1) is 26.3. The van der Waals surface area contributed by atoms with Crippen LogP contribution < -0.4 is 21.3 Å². The molecular formula is C29H32FN7O2. The van der Waals surface area contributed by atoms with Gasteiger partial charge in [0.2, 0.25) is 0 Å². The summed E-state index contributed by atoms with van der Waals surface area (Å²) in [6.07, 6.45) is 5.09. The molecule has 0 radical (unpaired) electrons. The van der Waals surface area contributed by atoms with Crippen molar-refractivity contribution in [3.05, 3.63) is 81.4 Å². The molecule has 0 spiro atoms. The third kappa shape index (κ3) is 4.82. The van der Waals surface area contributed by atoms with Gasteiger partial charge in [-0.25, -0.2) is 19.3 Å². The number of halogens is 1. The van der Waals surface area contributed by atoms with Crippen LogP contribution in [0.15, 0.2) is 52.5 Å². The van der Waals surface area contributed by atoms with Gasteiger partial charge in [0.05, 0.1) is 29.9 Å². The predicted molar refractivity (Wildman–Crippen MR) is 151 cm³/mol. The number of ether oxygens (including phenoxy) is 1. The Morgan fingerprint density at radius 1 is 1.23 bits per heavy atom. The number of methoxy groups -OCH3 is 1. The quantitative estimate of drug-likeness (QED) is 0.324. The van der Waals surface area contributed by atoms with E-state index in [0.717, 1.165) is 42.6 Å². The van der Waals surface area contributed by atoms with E-state index in [9.17, 15) is 9.18 Å². The molecule has 1 fully saturated rings. The fourth-order valence-electron chi connectivity index (χ4n) is 5.46. The molecule has 1 atom stereocenters. The zero-order valence-electron chi connectivity index (χ0n) is 22.5. The molecule has 0 aliphatic heterocycles. The van der Waals surface area contributed by atoms with Crippen LogP contribution in [0.3, 0.4) is 0 Å². The van der Waals surface area contributed by atoms with Crippen molar-refractivity contribution in [1.29, 1.82) is 0 Å². The second-order valence-corrected chi connectivity index (χ2v) is 9.82. The molecule has 2 aromatic carbocycles. The summed E-state index contributed by atoms with van der Waals surface area (Å²) in [7, 11) is 3.31. The lowest BCUT2D eigenvalue weighted by Gasteiger charge is -2.24. The van der Waals surface area contributed by atoms with E-state index in [0.29, 0.717) is 28.4 Å². The lowest BCUT2D eigenvalue weighted by Crippen LogP contribution is -2.31. The van der Waals surface area contributed by atoms with Gasteiger partial charge in [0.25, 0.3) is 5.56 Å². The smallest absolute Gasteiger partial charge is 0.264 e. The van der Waals surface area contributed by atoms with Gasteiger partial charge in [0, 0.05) is 18.7 Å². The number of aliphatic imine (C=N–C) groups is 1. The van der Waals surface area contributed by atoms with Crippen LogP contribution in [0.5, 0.6) is 5.75 Å². The zero-order valence-corrected chi connectivity index (χ0v) is 22.5. The van der Waals surface area contributed by atoms with E-state index < -0.39 is 11.9 Å². The summed E-state index contributed by atoms with van der Waals surface area (Å²) in [5, 5.41) is 3.42. The minimum absolute atomic E-state index is 0.0163. The molecule has 39 heavy (non-hydrogen) atoms. The lowest BCUT2D eigenvalue weighted by atomic mass is 10.0. The van der Waals surface area contributed by atoms with Gasteiger partial charge in [-0.2, -0.15) is 0 Å².